The Bertz CT molecular complexity index is 872. The molecule has 0 bridgehead atoms. The molecule has 0 fully saturated rings. The van der Waals surface area contributed by atoms with Crippen LogP contribution in [-0.2, 0) is 10.0 Å². The van der Waals surface area contributed by atoms with E-state index in [-0.39, 0.29) is 16.1 Å². The van der Waals surface area contributed by atoms with E-state index in [2.05, 4.69) is 0 Å². The average molecular weight is 339 g/mol. The zero-order valence-corrected chi connectivity index (χ0v) is 13.0. The van der Waals surface area contributed by atoms with E-state index < -0.39 is 20.9 Å². The smallest absolute Gasteiger partial charge is 0.273 e. The fourth-order valence-electron chi connectivity index (χ4n) is 1.81. The van der Waals surface area contributed by atoms with Crippen molar-refractivity contribution in [1.29, 1.82) is 0 Å². The predicted molar refractivity (Wildman–Crippen MR) is 79.1 cm³/mol. The molecule has 1 heterocycles. The minimum absolute atomic E-state index is 0.169. The van der Waals surface area contributed by atoms with Crippen LogP contribution in [0, 0.1) is 24.0 Å². The molecule has 0 radical (unpaired) electrons. The van der Waals surface area contributed by atoms with E-state index in [1.54, 1.807) is 6.92 Å². The summed E-state index contributed by atoms with van der Waals surface area (Å²) in [6, 6.07) is 4.83. The zero-order valence-electron chi connectivity index (χ0n) is 12.2. The molecule has 1 aromatic heterocycles. The number of nitrogens with zero attached hydrogens (tertiary/aromatic N) is 1. The number of furan rings is 1. The number of benzene rings is 1. The molecule has 0 spiro atoms. The van der Waals surface area contributed by atoms with Crippen LogP contribution in [0.3, 0.4) is 0 Å². The van der Waals surface area contributed by atoms with Crippen LogP contribution in [0.25, 0.3) is 0 Å². The fourth-order valence-corrected chi connectivity index (χ4v) is 2.67. The van der Waals surface area contributed by atoms with Crippen LogP contribution < -0.4 is 10.3 Å². The molecule has 0 saturated heterocycles. The summed E-state index contributed by atoms with van der Waals surface area (Å²) in [4.78, 5) is 23.6. The molecule has 122 valence electrons. The third-order valence-electron chi connectivity index (χ3n) is 3.09. The minimum atomic E-state index is -4.15. The van der Waals surface area contributed by atoms with Gasteiger partial charge in [0.1, 0.15) is 5.76 Å². The Morgan fingerprint density at radius 1 is 1.26 bits per heavy atom. The summed E-state index contributed by atoms with van der Waals surface area (Å²) in [5.41, 5.74) is 2.19. The van der Waals surface area contributed by atoms with Crippen LogP contribution in [-0.4, -0.2) is 19.2 Å². The first kappa shape index (κ1) is 16.6. The highest BCUT2D eigenvalue weighted by Crippen LogP contribution is 2.21. The first-order valence-corrected chi connectivity index (χ1v) is 7.82. The van der Waals surface area contributed by atoms with Crippen molar-refractivity contribution >= 4 is 21.6 Å². The third-order valence-corrected chi connectivity index (χ3v) is 4.34. The van der Waals surface area contributed by atoms with Crippen molar-refractivity contribution in [3.05, 3.63) is 57.5 Å². The number of rotatable bonds is 5. The molecule has 1 amide bonds. The number of nitro benzene ring substituents is 1. The molecular formula is C13H13N3O6S. The highest BCUT2D eigenvalue weighted by molar-refractivity contribution is 7.89. The lowest BCUT2D eigenvalue weighted by molar-refractivity contribution is -0.385. The standard InChI is InChI=1S/C13H13N3O6S/c1-8-3-4-10(7-12(8)16(18)19)23(20,21)15-14-13(17)11-5-6-22-9(11)2/h3-7,15H,1-2H3,(H,14,17). The summed E-state index contributed by atoms with van der Waals surface area (Å²) >= 11 is 0. The van der Waals surface area contributed by atoms with Crippen molar-refractivity contribution in [2.75, 3.05) is 0 Å². The second kappa shape index (κ2) is 6.18. The average Bonchev–Trinajstić information content (AvgIpc) is 2.91. The molecule has 0 unspecified atom stereocenters. The third kappa shape index (κ3) is 3.55. The van der Waals surface area contributed by atoms with Gasteiger partial charge in [0.25, 0.3) is 21.6 Å². The molecule has 0 aliphatic rings. The highest BCUT2D eigenvalue weighted by atomic mass is 32.2. The van der Waals surface area contributed by atoms with Gasteiger partial charge in [-0.05, 0) is 26.0 Å². The van der Waals surface area contributed by atoms with E-state index in [0.29, 0.717) is 11.3 Å². The van der Waals surface area contributed by atoms with Gasteiger partial charge in [0.2, 0.25) is 0 Å². The van der Waals surface area contributed by atoms with Crippen molar-refractivity contribution in [1.82, 2.24) is 10.3 Å². The predicted octanol–water partition coefficient (Wildman–Crippen LogP) is 1.43. The van der Waals surface area contributed by atoms with Crippen LogP contribution in [0.15, 0.2) is 39.8 Å². The Hall–Kier alpha value is -2.72. The van der Waals surface area contributed by atoms with E-state index in [1.807, 2.05) is 10.3 Å². The largest absolute Gasteiger partial charge is 0.469 e. The van der Waals surface area contributed by atoms with Crippen molar-refractivity contribution in [2.24, 2.45) is 0 Å². The molecule has 2 N–H and O–H groups in total. The number of sulfonamides is 1. The fraction of sp³-hybridized carbons (Fsp3) is 0.154. The van der Waals surface area contributed by atoms with Gasteiger partial charge in [0, 0.05) is 11.6 Å². The number of carbonyl (C=O) groups excluding carboxylic acids is 1. The molecule has 23 heavy (non-hydrogen) atoms. The van der Waals surface area contributed by atoms with Crippen molar-refractivity contribution in [3.63, 3.8) is 0 Å². The summed E-state index contributed by atoms with van der Waals surface area (Å²) in [6.45, 7) is 3.04. The van der Waals surface area contributed by atoms with Crippen LogP contribution >= 0.6 is 0 Å². The van der Waals surface area contributed by atoms with Gasteiger partial charge in [-0.2, -0.15) is 0 Å². The lowest BCUT2D eigenvalue weighted by atomic mass is 10.2. The van der Waals surface area contributed by atoms with Gasteiger partial charge in [0.15, 0.2) is 0 Å². The second-order valence-corrected chi connectivity index (χ2v) is 6.34. The lowest BCUT2D eigenvalue weighted by Gasteiger charge is -2.08. The first-order valence-electron chi connectivity index (χ1n) is 6.33. The molecular weight excluding hydrogens is 326 g/mol. The van der Waals surface area contributed by atoms with Crippen LogP contribution in [0.4, 0.5) is 5.69 Å². The highest BCUT2D eigenvalue weighted by Gasteiger charge is 2.21. The number of carbonyl (C=O) groups is 1. The number of hydrogen-bond acceptors (Lipinski definition) is 6. The summed E-state index contributed by atoms with van der Waals surface area (Å²) < 4.78 is 29.2. The van der Waals surface area contributed by atoms with Gasteiger partial charge in [-0.15, -0.1) is 4.83 Å². The number of nitrogens with one attached hydrogen (secondary N) is 2. The van der Waals surface area contributed by atoms with Crippen molar-refractivity contribution in [3.8, 4) is 0 Å². The molecule has 0 atom stereocenters. The quantitative estimate of drug-likeness (QED) is 0.625. The number of hydrogen-bond donors (Lipinski definition) is 2. The van der Waals surface area contributed by atoms with Crippen molar-refractivity contribution < 1.29 is 22.6 Å². The van der Waals surface area contributed by atoms with E-state index in [4.69, 9.17) is 4.42 Å². The van der Waals surface area contributed by atoms with Gasteiger partial charge >= 0.3 is 0 Å². The second-order valence-electron chi connectivity index (χ2n) is 4.66. The number of hydrazine groups is 1. The monoisotopic (exact) mass is 339 g/mol. The Labute approximate surface area is 131 Å². The number of amides is 1. The molecule has 2 rings (SSSR count). The maximum atomic E-state index is 12.1. The van der Waals surface area contributed by atoms with Crippen LogP contribution in [0.2, 0.25) is 0 Å². The van der Waals surface area contributed by atoms with E-state index in [0.717, 1.165) is 6.07 Å². The summed E-state index contributed by atoms with van der Waals surface area (Å²) in [5.74, 6) is -0.380. The van der Waals surface area contributed by atoms with Gasteiger partial charge in [-0.1, -0.05) is 6.07 Å². The molecule has 0 saturated carbocycles. The van der Waals surface area contributed by atoms with Crippen LogP contribution in [0.5, 0.6) is 0 Å². The Morgan fingerprint density at radius 3 is 2.52 bits per heavy atom. The molecule has 9 nitrogen and oxygen atoms in total. The topological polar surface area (TPSA) is 132 Å². The zero-order chi connectivity index (χ0) is 17.2. The molecule has 10 heteroatoms. The van der Waals surface area contributed by atoms with Crippen LogP contribution in [0.1, 0.15) is 21.7 Å². The molecule has 0 aliphatic heterocycles. The van der Waals surface area contributed by atoms with Gasteiger partial charge in [-0.25, -0.2) is 8.42 Å². The van der Waals surface area contributed by atoms with Gasteiger partial charge < -0.3 is 4.42 Å². The Kier molecular flexibility index (Phi) is 4.48. The van der Waals surface area contributed by atoms with Crippen molar-refractivity contribution in [2.45, 2.75) is 18.7 Å². The summed E-state index contributed by atoms with van der Waals surface area (Å²) in [6.07, 6.45) is 1.29. The Balaban J connectivity index is 2.20. The first-order chi connectivity index (χ1) is 10.7. The van der Waals surface area contributed by atoms with E-state index >= 15 is 0 Å². The Morgan fingerprint density at radius 2 is 1.96 bits per heavy atom. The SMILES string of the molecule is Cc1ccc(S(=O)(=O)NNC(=O)c2ccoc2C)cc1[N+](=O)[O-]. The lowest BCUT2D eigenvalue weighted by Crippen LogP contribution is -2.41. The molecule has 1 aromatic carbocycles. The maximum Gasteiger partial charge on any atom is 0.273 e. The summed E-state index contributed by atoms with van der Waals surface area (Å²) in [7, 11) is -4.15. The normalized spacial score (nSPS) is 11.2. The number of aryl methyl sites for hydroxylation is 2. The van der Waals surface area contributed by atoms with Gasteiger partial charge in [-0.3, -0.25) is 20.3 Å². The molecule has 0 aliphatic carbocycles. The number of nitro groups is 1. The van der Waals surface area contributed by atoms with E-state index in [9.17, 15) is 23.3 Å². The maximum absolute atomic E-state index is 12.1. The summed E-state index contributed by atoms with van der Waals surface area (Å²) in [5, 5.41) is 10.9. The molecule has 2 aromatic rings. The minimum Gasteiger partial charge on any atom is -0.469 e. The van der Waals surface area contributed by atoms with Gasteiger partial charge in [0.05, 0.1) is 21.6 Å². The van der Waals surface area contributed by atoms with E-state index in [1.165, 1.54) is 31.4 Å².